The largest absolute Gasteiger partial charge is 0.235 e. The number of aryl methyl sites for hydroxylation is 1. The molecule has 0 aromatic carbocycles. The Morgan fingerprint density at radius 1 is 1.64 bits per heavy atom. The van der Waals surface area contributed by atoms with Gasteiger partial charge in [0, 0.05) is 16.8 Å². The van der Waals surface area contributed by atoms with Gasteiger partial charge >= 0.3 is 0 Å². The molecular weight excluding hydrogens is 230 g/mol. The average Bonchev–Trinajstić information content (AvgIpc) is 2.59. The van der Waals surface area contributed by atoms with Gasteiger partial charge in [-0.15, -0.1) is 11.3 Å². The monoisotopic (exact) mass is 247 g/mol. The van der Waals surface area contributed by atoms with E-state index in [1.807, 2.05) is 18.7 Å². The Morgan fingerprint density at radius 3 is 2.93 bits per heavy atom. The van der Waals surface area contributed by atoms with Crippen molar-refractivity contribution in [1.82, 2.24) is 4.98 Å². The number of rotatable bonds is 6. The van der Waals surface area contributed by atoms with Crippen LogP contribution in [0.2, 0.25) is 0 Å². The lowest BCUT2D eigenvalue weighted by atomic mass is 10.1. The van der Waals surface area contributed by atoms with E-state index in [1.165, 1.54) is 17.2 Å². The molecule has 80 valence electrons. The Morgan fingerprint density at radius 2 is 2.43 bits per heavy atom. The van der Waals surface area contributed by atoms with Crippen molar-refractivity contribution in [2.24, 2.45) is 5.92 Å². The minimum Gasteiger partial charge on any atom is -0.235 e. The van der Waals surface area contributed by atoms with Gasteiger partial charge in [0.25, 0.3) is 0 Å². The van der Waals surface area contributed by atoms with Gasteiger partial charge in [-0.2, -0.15) is 12.6 Å². The third-order valence-electron chi connectivity index (χ3n) is 2.00. The third kappa shape index (κ3) is 4.24. The highest BCUT2D eigenvalue weighted by atomic mass is 32.2. The summed E-state index contributed by atoms with van der Waals surface area (Å²) in [6.07, 6.45) is 2.53. The Hall–Kier alpha value is 0.330. The maximum absolute atomic E-state index is 4.43. The zero-order valence-corrected chi connectivity index (χ0v) is 11.2. The van der Waals surface area contributed by atoms with Crippen molar-refractivity contribution in [3.63, 3.8) is 0 Å². The van der Waals surface area contributed by atoms with Crippen LogP contribution in [-0.2, 0) is 0 Å². The van der Waals surface area contributed by atoms with Crippen molar-refractivity contribution in [2.45, 2.75) is 31.0 Å². The molecule has 0 amide bonds. The van der Waals surface area contributed by atoms with Crippen LogP contribution in [0.25, 0.3) is 0 Å². The quantitative estimate of drug-likeness (QED) is 0.605. The standard InChI is InChI=1S/C10H17NS3/c1-3-4-9(5-12)7-14-10-11-8(2)6-13-10/h6,9,12H,3-5,7H2,1-2H3. The number of aromatic nitrogens is 1. The van der Waals surface area contributed by atoms with Crippen molar-refractivity contribution < 1.29 is 0 Å². The Labute approximate surface area is 100 Å². The van der Waals surface area contributed by atoms with Gasteiger partial charge < -0.3 is 0 Å². The summed E-state index contributed by atoms with van der Waals surface area (Å²) in [5.74, 6) is 2.88. The predicted octanol–water partition coefficient (Wildman–Crippen LogP) is 3.89. The first-order chi connectivity index (χ1) is 6.76. The van der Waals surface area contributed by atoms with E-state index in [1.54, 1.807) is 11.3 Å². The maximum Gasteiger partial charge on any atom is 0.150 e. The molecule has 1 heterocycles. The molecule has 1 nitrogen and oxygen atoms in total. The summed E-state index contributed by atoms with van der Waals surface area (Å²) in [5, 5.41) is 2.11. The van der Waals surface area contributed by atoms with Gasteiger partial charge in [0.15, 0.2) is 0 Å². The summed E-state index contributed by atoms with van der Waals surface area (Å²) in [6.45, 7) is 4.28. The van der Waals surface area contributed by atoms with Gasteiger partial charge in [0.2, 0.25) is 0 Å². The fourth-order valence-corrected chi connectivity index (χ4v) is 3.72. The lowest BCUT2D eigenvalue weighted by Gasteiger charge is -2.10. The summed E-state index contributed by atoms with van der Waals surface area (Å²) < 4.78 is 1.20. The molecule has 1 aromatic heterocycles. The Kier molecular flexibility index (Phi) is 5.98. The fourth-order valence-electron chi connectivity index (χ4n) is 1.22. The molecule has 0 fully saturated rings. The zero-order chi connectivity index (χ0) is 10.4. The van der Waals surface area contributed by atoms with E-state index >= 15 is 0 Å². The molecule has 0 aliphatic heterocycles. The number of thiol groups is 1. The predicted molar refractivity (Wildman–Crippen MR) is 69.8 cm³/mol. The van der Waals surface area contributed by atoms with E-state index in [9.17, 15) is 0 Å². The van der Waals surface area contributed by atoms with E-state index in [0.717, 1.165) is 23.1 Å². The number of thioether (sulfide) groups is 1. The highest BCUT2D eigenvalue weighted by molar-refractivity contribution is 8.01. The topological polar surface area (TPSA) is 12.9 Å². The van der Waals surface area contributed by atoms with E-state index < -0.39 is 0 Å². The number of hydrogen-bond donors (Lipinski definition) is 1. The van der Waals surface area contributed by atoms with Crippen LogP contribution >= 0.6 is 35.7 Å². The van der Waals surface area contributed by atoms with Gasteiger partial charge in [0.05, 0.1) is 0 Å². The third-order valence-corrected chi connectivity index (χ3v) is 4.88. The van der Waals surface area contributed by atoms with E-state index in [-0.39, 0.29) is 0 Å². The SMILES string of the molecule is CCCC(CS)CSc1nc(C)cs1. The smallest absolute Gasteiger partial charge is 0.150 e. The van der Waals surface area contributed by atoms with Crippen molar-refractivity contribution >= 4 is 35.7 Å². The number of nitrogens with zero attached hydrogens (tertiary/aromatic N) is 1. The first kappa shape index (κ1) is 12.4. The lowest BCUT2D eigenvalue weighted by Crippen LogP contribution is -2.04. The molecule has 1 rings (SSSR count). The molecule has 1 unspecified atom stereocenters. The zero-order valence-electron chi connectivity index (χ0n) is 8.69. The van der Waals surface area contributed by atoms with Crippen LogP contribution in [0.1, 0.15) is 25.5 Å². The molecule has 0 aliphatic rings. The number of thiazole rings is 1. The summed E-state index contributed by atoms with van der Waals surface area (Å²) in [4.78, 5) is 4.43. The second-order valence-electron chi connectivity index (χ2n) is 3.40. The van der Waals surface area contributed by atoms with Crippen LogP contribution in [0.5, 0.6) is 0 Å². The van der Waals surface area contributed by atoms with Crippen LogP contribution in [0.3, 0.4) is 0 Å². The molecule has 1 atom stereocenters. The van der Waals surface area contributed by atoms with Crippen LogP contribution in [-0.4, -0.2) is 16.5 Å². The van der Waals surface area contributed by atoms with Gasteiger partial charge in [-0.25, -0.2) is 4.98 Å². The minimum atomic E-state index is 0.734. The van der Waals surface area contributed by atoms with Gasteiger partial charge in [0.1, 0.15) is 4.34 Å². The van der Waals surface area contributed by atoms with E-state index in [4.69, 9.17) is 0 Å². The summed E-state index contributed by atoms with van der Waals surface area (Å²) in [7, 11) is 0. The molecule has 4 heteroatoms. The highest BCUT2D eigenvalue weighted by Gasteiger charge is 2.07. The van der Waals surface area contributed by atoms with Crippen LogP contribution in [0.15, 0.2) is 9.72 Å². The van der Waals surface area contributed by atoms with Crippen LogP contribution in [0.4, 0.5) is 0 Å². The lowest BCUT2D eigenvalue weighted by molar-refractivity contribution is 0.595. The molecule has 0 spiro atoms. The van der Waals surface area contributed by atoms with Crippen molar-refractivity contribution in [3.05, 3.63) is 11.1 Å². The van der Waals surface area contributed by atoms with E-state index in [2.05, 4.69) is 29.9 Å². The molecular formula is C10H17NS3. The van der Waals surface area contributed by atoms with Crippen LogP contribution in [0, 0.1) is 12.8 Å². The molecule has 0 bridgehead atoms. The molecule has 0 radical (unpaired) electrons. The molecule has 0 aliphatic carbocycles. The van der Waals surface area contributed by atoms with E-state index in [0.29, 0.717) is 0 Å². The van der Waals surface area contributed by atoms with Crippen molar-refractivity contribution in [1.29, 1.82) is 0 Å². The maximum atomic E-state index is 4.43. The molecule has 0 saturated heterocycles. The second-order valence-corrected chi connectivity index (χ2v) is 5.89. The first-order valence-corrected chi connectivity index (χ1v) is 7.41. The van der Waals surface area contributed by atoms with Gasteiger partial charge in [-0.1, -0.05) is 25.1 Å². The average molecular weight is 247 g/mol. The molecule has 0 saturated carbocycles. The highest BCUT2D eigenvalue weighted by Crippen LogP contribution is 2.26. The fraction of sp³-hybridized carbons (Fsp3) is 0.700. The summed E-state index contributed by atoms with van der Waals surface area (Å²) in [5.41, 5.74) is 1.13. The van der Waals surface area contributed by atoms with Crippen LogP contribution < -0.4 is 0 Å². The first-order valence-electron chi connectivity index (χ1n) is 4.92. The molecule has 1 aromatic rings. The van der Waals surface area contributed by atoms with Gasteiger partial charge in [-0.3, -0.25) is 0 Å². The van der Waals surface area contributed by atoms with Crippen molar-refractivity contribution in [3.8, 4) is 0 Å². The Balaban J connectivity index is 2.31. The van der Waals surface area contributed by atoms with Gasteiger partial charge in [-0.05, 0) is 25.0 Å². The number of hydrogen-bond acceptors (Lipinski definition) is 4. The minimum absolute atomic E-state index is 0.734. The summed E-state index contributed by atoms with van der Waals surface area (Å²) in [6, 6.07) is 0. The molecule has 14 heavy (non-hydrogen) atoms. The second kappa shape index (κ2) is 6.75. The Bertz CT molecular complexity index is 260. The summed E-state index contributed by atoms with van der Waals surface area (Å²) >= 11 is 7.99. The molecule has 0 N–H and O–H groups in total. The van der Waals surface area contributed by atoms with Crippen molar-refractivity contribution in [2.75, 3.05) is 11.5 Å². The normalized spacial score (nSPS) is 13.1.